The molecule has 2 N–H and O–H groups in total. The average molecular weight is 179 g/mol. The van der Waals surface area contributed by atoms with Crippen LogP contribution in [0.3, 0.4) is 0 Å². The summed E-state index contributed by atoms with van der Waals surface area (Å²) in [5.41, 5.74) is 1.71. The van der Waals surface area contributed by atoms with Crippen LogP contribution in [-0.2, 0) is 6.54 Å². The van der Waals surface area contributed by atoms with Crippen LogP contribution in [0.25, 0.3) is 0 Å². The van der Waals surface area contributed by atoms with Crippen LogP contribution in [0, 0.1) is 0 Å². The van der Waals surface area contributed by atoms with E-state index in [1.807, 2.05) is 18.0 Å². The number of hydrogen-bond donors (Lipinski definition) is 2. The van der Waals surface area contributed by atoms with E-state index in [0.29, 0.717) is 13.1 Å². The normalized spacial score (nSPS) is 22.8. The first-order valence-electron chi connectivity index (χ1n) is 4.36. The van der Waals surface area contributed by atoms with Crippen LogP contribution in [-0.4, -0.2) is 28.7 Å². The van der Waals surface area contributed by atoms with Gasteiger partial charge in [-0.05, 0) is 18.7 Å². The van der Waals surface area contributed by atoms with Crippen molar-refractivity contribution in [2.24, 2.45) is 0 Å². The largest absolute Gasteiger partial charge is 0.508 e. The molecule has 0 aliphatic carbocycles. The van der Waals surface area contributed by atoms with Gasteiger partial charge in [0.1, 0.15) is 5.75 Å². The first-order valence-corrected chi connectivity index (χ1v) is 4.36. The third-order valence-electron chi connectivity index (χ3n) is 2.46. The Labute approximate surface area is 77.2 Å². The SMILES string of the molecule is CN1Cc2c(O)cccc2C(O)C1. The van der Waals surface area contributed by atoms with Crippen molar-refractivity contribution in [3.8, 4) is 5.75 Å². The monoisotopic (exact) mass is 179 g/mol. The van der Waals surface area contributed by atoms with E-state index in [0.717, 1.165) is 11.1 Å². The minimum atomic E-state index is -0.471. The van der Waals surface area contributed by atoms with Crippen LogP contribution in [0.4, 0.5) is 0 Å². The molecular weight excluding hydrogens is 166 g/mol. The van der Waals surface area contributed by atoms with Crippen LogP contribution >= 0.6 is 0 Å². The Morgan fingerprint density at radius 2 is 2.23 bits per heavy atom. The average Bonchev–Trinajstić information content (AvgIpc) is 2.07. The number of hydrogen-bond acceptors (Lipinski definition) is 3. The van der Waals surface area contributed by atoms with Gasteiger partial charge < -0.3 is 10.2 Å². The first-order chi connectivity index (χ1) is 6.18. The van der Waals surface area contributed by atoms with Gasteiger partial charge in [0.25, 0.3) is 0 Å². The second kappa shape index (κ2) is 3.01. The molecule has 3 nitrogen and oxygen atoms in total. The number of aromatic hydroxyl groups is 1. The van der Waals surface area contributed by atoms with Gasteiger partial charge in [-0.2, -0.15) is 0 Å². The summed E-state index contributed by atoms with van der Waals surface area (Å²) in [6, 6.07) is 5.29. The molecule has 0 saturated heterocycles. The number of rotatable bonds is 0. The highest BCUT2D eigenvalue weighted by Gasteiger charge is 2.22. The molecule has 70 valence electrons. The molecule has 3 heteroatoms. The fourth-order valence-electron chi connectivity index (χ4n) is 1.80. The van der Waals surface area contributed by atoms with Gasteiger partial charge in [-0.1, -0.05) is 12.1 Å². The van der Waals surface area contributed by atoms with E-state index in [1.165, 1.54) is 0 Å². The molecule has 1 aromatic rings. The molecule has 0 spiro atoms. The Balaban J connectivity index is 2.49. The third kappa shape index (κ3) is 1.41. The fraction of sp³-hybridized carbons (Fsp3) is 0.400. The van der Waals surface area contributed by atoms with Crippen molar-refractivity contribution in [2.45, 2.75) is 12.6 Å². The molecule has 2 rings (SSSR count). The highest BCUT2D eigenvalue weighted by molar-refractivity contribution is 5.41. The Morgan fingerprint density at radius 3 is 3.00 bits per heavy atom. The van der Waals surface area contributed by atoms with E-state index in [9.17, 15) is 10.2 Å². The zero-order chi connectivity index (χ0) is 9.42. The predicted octanol–water partition coefficient (Wildman–Crippen LogP) is 0.871. The van der Waals surface area contributed by atoms with Gasteiger partial charge in [0.15, 0.2) is 0 Å². The number of nitrogens with zero attached hydrogens (tertiary/aromatic N) is 1. The third-order valence-corrected chi connectivity index (χ3v) is 2.46. The Bertz CT molecular complexity index is 325. The number of phenolic OH excluding ortho intramolecular Hbond substituents is 1. The van der Waals surface area contributed by atoms with Crippen LogP contribution in [0.15, 0.2) is 18.2 Å². The van der Waals surface area contributed by atoms with Crippen molar-refractivity contribution in [1.29, 1.82) is 0 Å². The van der Waals surface area contributed by atoms with Gasteiger partial charge in [0.05, 0.1) is 6.10 Å². The summed E-state index contributed by atoms with van der Waals surface area (Å²) in [4.78, 5) is 1.99. The smallest absolute Gasteiger partial charge is 0.120 e. The lowest BCUT2D eigenvalue weighted by atomic mass is 9.97. The number of aliphatic hydroxyl groups excluding tert-OH is 1. The van der Waals surface area contributed by atoms with E-state index >= 15 is 0 Å². The van der Waals surface area contributed by atoms with Crippen molar-refractivity contribution < 1.29 is 10.2 Å². The molecule has 1 heterocycles. The molecule has 1 aliphatic rings. The van der Waals surface area contributed by atoms with Gasteiger partial charge >= 0.3 is 0 Å². The molecule has 0 radical (unpaired) electrons. The lowest BCUT2D eigenvalue weighted by Gasteiger charge is -2.29. The molecule has 0 fully saturated rings. The Morgan fingerprint density at radius 1 is 1.46 bits per heavy atom. The maximum absolute atomic E-state index is 9.70. The van der Waals surface area contributed by atoms with Gasteiger partial charge in [-0.3, -0.25) is 4.90 Å². The maximum atomic E-state index is 9.70. The second-order valence-corrected chi connectivity index (χ2v) is 3.56. The molecule has 0 saturated carbocycles. The van der Waals surface area contributed by atoms with E-state index in [1.54, 1.807) is 12.1 Å². The zero-order valence-corrected chi connectivity index (χ0v) is 7.57. The van der Waals surface area contributed by atoms with E-state index < -0.39 is 6.10 Å². The number of phenols is 1. The Kier molecular flexibility index (Phi) is 1.98. The number of benzene rings is 1. The first kappa shape index (κ1) is 8.53. The standard InChI is InChI=1S/C10H13NO2/c1-11-5-8-7(10(13)6-11)3-2-4-9(8)12/h2-4,10,12-13H,5-6H2,1H3. The summed E-state index contributed by atoms with van der Waals surface area (Å²) in [5.74, 6) is 0.281. The van der Waals surface area contributed by atoms with Crippen LogP contribution < -0.4 is 0 Å². The van der Waals surface area contributed by atoms with Gasteiger partial charge in [0.2, 0.25) is 0 Å². The fourth-order valence-corrected chi connectivity index (χ4v) is 1.80. The molecule has 1 unspecified atom stereocenters. The van der Waals surface area contributed by atoms with Gasteiger partial charge in [-0.15, -0.1) is 0 Å². The topological polar surface area (TPSA) is 43.7 Å². The number of likely N-dealkylation sites (N-methyl/N-ethyl adjacent to an activating group) is 1. The Hall–Kier alpha value is -1.06. The molecule has 0 aromatic heterocycles. The van der Waals surface area contributed by atoms with E-state index in [-0.39, 0.29) is 5.75 Å². The summed E-state index contributed by atoms with van der Waals surface area (Å²) in [5, 5.41) is 19.3. The predicted molar refractivity (Wildman–Crippen MR) is 49.4 cm³/mol. The van der Waals surface area contributed by atoms with Crippen molar-refractivity contribution in [1.82, 2.24) is 4.90 Å². The highest BCUT2D eigenvalue weighted by Crippen LogP contribution is 2.31. The lowest BCUT2D eigenvalue weighted by molar-refractivity contribution is 0.106. The molecule has 13 heavy (non-hydrogen) atoms. The van der Waals surface area contributed by atoms with Crippen molar-refractivity contribution in [3.63, 3.8) is 0 Å². The summed E-state index contributed by atoms with van der Waals surface area (Å²) in [6.07, 6.45) is -0.471. The molecule has 0 bridgehead atoms. The van der Waals surface area contributed by atoms with Crippen LogP contribution in [0.5, 0.6) is 5.75 Å². The summed E-state index contributed by atoms with van der Waals surface area (Å²) < 4.78 is 0. The maximum Gasteiger partial charge on any atom is 0.120 e. The number of fused-ring (bicyclic) bond motifs is 1. The highest BCUT2D eigenvalue weighted by atomic mass is 16.3. The van der Waals surface area contributed by atoms with Gasteiger partial charge in [0, 0.05) is 18.7 Å². The molecule has 1 aromatic carbocycles. The minimum absolute atomic E-state index is 0.281. The summed E-state index contributed by atoms with van der Waals surface area (Å²) in [7, 11) is 1.93. The molecule has 0 amide bonds. The summed E-state index contributed by atoms with van der Waals surface area (Å²) >= 11 is 0. The number of β-amino-alcohol motifs (C(OH)–C–C–N with tert-alkyl or cyclic N) is 1. The molecular formula is C10H13NO2. The van der Waals surface area contributed by atoms with E-state index in [2.05, 4.69) is 0 Å². The zero-order valence-electron chi connectivity index (χ0n) is 7.57. The van der Waals surface area contributed by atoms with E-state index in [4.69, 9.17) is 0 Å². The van der Waals surface area contributed by atoms with Gasteiger partial charge in [-0.25, -0.2) is 0 Å². The summed E-state index contributed by atoms with van der Waals surface area (Å²) in [6.45, 7) is 1.34. The van der Waals surface area contributed by atoms with Crippen LogP contribution in [0.1, 0.15) is 17.2 Å². The molecule has 1 atom stereocenters. The number of aliphatic hydroxyl groups is 1. The minimum Gasteiger partial charge on any atom is -0.508 e. The second-order valence-electron chi connectivity index (χ2n) is 3.56. The van der Waals surface area contributed by atoms with Crippen molar-refractivity contribution in [2.75, 3.05) is 13.6 Å². The van der Waals surface area contributed by atoms with Crippen molar-refractivity contribution >= 4 is 0 Å². The lowest BCUT2D eigenvalue weighted by Crippen LogP contribution is -2.30. The van der Waals surface area contributed by atoms with Crippen molar-refractivity contribution in [3.05, 3.63) is 29.3 Å². The quantitative estimate of drug-likeness (QED) is 0.621. The molecule has 1 aliphatic heterocycles. The van der Waals surface area contributed by atoms with Crippen LogP contribution in [0.2, 0.25) is 0 Å².